The summed E-state index contributed by atoms with van der Waals surface area (Å²) in [6, 6.07) is 19.4. The normalized spacial score (nSPS) is 11.3. The minimum absolute atomic E-state index is 0.229. The second kappa shape index (κ2) is 7.91. The monoisotopic (exact) mass is 361 g/mol. The van der Waals surface area contributed by atoms with Crippen LogP contribution >= 0.6 is 0 Å². The van der Waals surface area contributed by atoms with Crippen molar-refractivity contribution in [2.45, 2.75) is 20.8 Å². The first-order chi connectivity index (χ1) is 13.0. The second-order valence-electron chi connectivity index (χ2n) is 6.33. The Morgan fingerprint density at radius 2 is 1.78 bits per heavy atom. The highest BCUT2D eigenvalue weighted by Crippen LogP contribution is 2.20. The molecule has 3 aromatic rings. The Balaban J connectivity index is 1.82. The van der Waals surface area contributed by atoms with E-state index in [4.69, 9.17) is 4.74 Å². The molecule has 0 unspecified atom stereocenters. The van der Waals surface area contributed by atoms with Crippen molar-refractivity contribution >= 4 is 11.6 Å². The highest BCUT2D eigenvalue weighted by molar-refractivity contribution is 6.01. The number of amides is 1. The third-order valence-corrected chi connectivity index (χ3v) is 4.50. The summed E-state index contributed by atoms with van der Waals surface area (Å²) in [4.78, 5) is 12.7. The average Bonchev–Trinajstić information content (AvgIpc) is 3.00. The fourth-order valence-corrected chi connectivity index (χ4v) is 3.07. The molecule has 27 heavy (non-hydrogen) atoms. The van der Waals surface area contributed by atoms with Gasteiger partial charge in [-0.05, 0) is 51.1 Å². The van der Waals surface area contributed by atoms with E-state index >= 15 is 0 Å². The molecule has 0 saturated heterocycles. The number of nitrogens with zero attached hydrogens (tertiary/aromatic N) is 2. The van der Waals surface area contributed by atoms with Gasteiger partial charge in [0, 0.05) is 22.6 Å². The van der Waals surface area contributed by atoms with E-state index in [0.29, 0.717) is 11.3 Å². The maximum Gasteiger partial charge on any atom is 0.273 e. The van der Waals surface area contributed by atoms with Gasteiger partial charge in [-0.2, -0.15) is 5.10 Å². The smallest absolute Gasteiger partial charge is 0.273 e. The van der Waals surface area contributed by atoms with Crippen molar-refractivity contribution in [2.24, 2.45) is 5.10 Å². The van der Waals surface area contributed by atoms with Crippen LogP contribution in [0.3, 0.4) is 0 Å². The number of carbonyl (C=O) groups excluding carboxylic acids is 1. The zero-order valence-corrected chi connectivity index (χ0v) is 16.0. The largest absolute Gasteiger partial charge is 0.497 e. The molecule has 0 bridgehead atoms. The number of benzene rings is 2. The maximum absolute atomic E-state index is 12.7. The third kappa shape index (κ3) is 3.92. The van der Waals surface area contributed by atoms with Crippen molar-refractivity contribution < 1.29 is 9.53 Å². The molecule has 1 heterocycles. The molecule has 0 radical (unpaired) electrons. The molecule has 1 aromatic heterocycles. The predicted molar refractivity (Wildman–Crippen MR) is 108 cm³/mol. The molecule has 0 atom stereocenters. The van der Waals surface area contributed by atoms with Crippen LogP contribution in [0.2, 0.25) is 0 Å². The zero-order chi connectivity index (χ0) is 19.4. The van der Waals surface area contributed by atoms with E-state index in [1.807, 2.05) is 81.4 Å². The van der Waals surface area contributed by atoms with E-state index in [9.17, 15) is 4.79 Å². The van der Waals surface area contributed by atoms with Crippen LogP contribution in [-0.2, 0) is 0 Å². The summed E-state index contributed by atoms with van der Waals surface area (Å²) in [7, 11) is 1.62. The lowest BCUT2D eigenvalue weighted by molar-refractivity contribution is 0.0954. The van der Waals surface area contributed by atoms with Crippen molar-refractivity contribution in [3.05, 3.63) is 83.2 Å². The summed E-state index contributed by atoms with van der Waals surface area (Å²) in [5, 5.41) is 4.25. The van der Waals surface area contributed by atoms with Gasteiger partial charge in [0.15, 0.2) is 0 Å². The highest BCUT2D eigenvalue weighted by Gasteiger charge is 2.16. The molecule has 2 aromatic carbocycles. The van der Waals surface area contributed by atoms with E-state index in [2.05, 4.69) is 15.1 Å². The molecule has 0 spiro atoms. The maximum atomic E-state index is 12.7. The Bertz CT molecular complexity index is 988. The first-order valence-corrected chi connectivity index (χ1v) is 8.74. The number of hydrazone groups is 1. The number of aryl methyl sites for hydroxylation is 1. The number of carbonyl (C=O) groups is 1. The minimum Gasteiger partial charge on any atom is -0.497 e. The van der Waals surface area contributed by atoms with Gasteiger partial charge < -0.3 is 9.30 Å². The van der Waals surface area contributed by atoms with Gasteiger partial charge in [0.2, 0.25) is 0 Å². The summed E-state index contributed by atoms with van der Waals surface area (Å²) in [5.74, 6) is 0.521. The number of hydrogen-bond donors (Lipinski definition) is 1. The number of hydrogen-bond acceptors (Lipinski definition) is 3. The summed E-state index contributed by atoms with van der Waals surface area (Å²) < 4.78 is 7.29. The third-order valence-electron chi connectivity index (χ3n) is 4.50. The van der Waals surface area contributed by atoms with Gasteiger partial charge in [-0.15, -0.1) is 0 Å². The van der Waals surface area contributed by atoms with Crippen molar-refractivity contribution in [3.8, 4) is 11.4 Å². The molecule has 0 aliphatic rings. The molecule has 1 N–H and O–H groups in total. The Labute approximate surface area is 159 Å². The number of rotatable bonds is 5. The van der Waals surface area contributed by atoms with Crippen LogP contribution in [0, 0.1) is 13.8 Å². The molecule has 138 valence electrons. The Morgan fingerprint density at radius 1 is 1.04 bits per heavy atom. The van der Waals surface area contributed by atoms with Crippen LogP contribution in [0.5, 0.6) is 5.75 Å². The molecule has 3 rings (SSSR count). The van der Waals surface area contributed by atoms with E-state index in [-0.39, 0.29) is 5.91 Å². The van der Waals surface area contributed by atoms with Crippen LogP contribution in [0.1, 0.15) is 34.2 Å². The summed E-state index contributed by atoms with van der Waals surface area (Å²) in [5.41, 5.74) is 7.78. The lowest BCUT2D eigenvalue weighted by Gasteiger charge is -2.09. The van der Waals surface area contributed by atoms with Crippen LogP contribution in [0.25, 0.3) is 5.69 Å². The van der Waals surface area contributed by atoms with Crippen LogP contribution in [0.4, 0.5) is 0 Å². The molecule has 0 fully saturated rings. The summed E-state index contributed by atoms with van der Waals surface area (Å²) in [6.45, 7) is 5.78. The van der Waals surface area contributed by atoms with Gasteiger partial charge in [0.25, 0.3) is 5.91 Å². The molecular formula is C22H23N3O2. The molecular weight excluding hydrogens is 338 g/mol. The number of ether oxygens (including phenoxy) is 1. The van der Waals surface area contributed by atoms with E-state index < -0.39 is 0 Å². The summed E-state index contributed by atoms with van der Waals surface area (Å²) in [6.07, 6.45) is 0. The highest BCUT2D eigenvalue weighted by atomic mass is 16.5. The van der Waals surface area contributed by atoms with Gasteiger partial charge in [-0.3, -0.25) is 4.79 Å². The van der Waals surface area contributed by atoms with Gasteiger partial charge in [-0.25, -0.2) is 5.43 Å². The topological polar surface area (TPSA) is 55.6 Å². The Kier molecular flexibility index (Phi) is 5.41. The summed E-state index contributed by atoms with van der Waals surface area (Å²) >= 11 is 0. The molecule has 5 heteroatoms. The van der Waals surface area contributed by atoms with Gasteiger partial charge in [0.1, 0.15) is 5.75 Å². The number of para-hydroxylation sites is 1. The number of methoxy groups -OCH3 is 1. The number of aromatic nitrogens is 1. The lowest BCUT2D eigenvalue weighted by atomic mass is 10.1. The predicted octanol–water partition coefficient (Wildman–Crippen LogP) is 4.26. The molecule has 0 saturated carbocycles. The fourth-order valence-electron chi connectivity index (χ4n) is 3.07. The first-order valence-electron chi connectivity index (χ1n) is 8.74. The van der Waals surface area contributed by atoms with Crippen molar-refractivity contribution in [1.82, 2.24) is 9.99 Å². The van der Waals surface area contributed by atoms with Gasteiger partial charge in [0.05, 0.1) is 18.4 Å². The van der Waals surface area contributed by atoms with Crippen molar-refractivity contribution in [1.29, 1.82) is 0 Å². The van der Waals surface area contributed by atoms with Gasteiger partial charge in [-0.1, -0.05) is 30.3 Å². The number of nitrogens with one attached hydrogen (secondary N) is 1. The quantitative estimate of drug-likeness (QED) is 0.545. The van der Waals surface area contributed by atoms with E-state index in [1.54, 1.807) is 7.11 Å². The standard InChI is InChI=1S/C22H23N3O2/c1-15-13-21(17(3)25(15)19-10-6-5-7-11-19)22(26)24-23-16(2)18-9-8-12-20(14-18)27-4/h5-14H,1-4H3,(H,24,26)/b23-16-. The van der Waals surface area contributed by atoms with Gasteiger partial charge >= 0.3 is 0 Å². The van der Waals surface area contributed by atoms with Crippen LogP contribution < -0.4 is 10.2 Å². The van der Waals surface area contributed by atoms with Crippen molar-refractivity contribution in [3.63, 3.8) is 0 Å². The lowest BCUT2D eigenvalue weighted by Crippen LogP contribution is -2.20. The molecule has 0 aliphatic carbocycles. The minimum atomic E-state index is -0.229. The SMILES string of the molecule is COc1cccc(/C(C)=N\NC(=O)c2cc(C)n(-c3ccccc3)c2C)c1. The zero-order valence-electron chi connectivity index (χ0n) is 16.0. The fraction of sp³-hybridized carbons (Fsp3) is 0.182. The molecule has 1 amide bonds. The van der Waals surface area contributed by atoms with E-state index in [0.717, 1.165) is 28.4 Å². The van der Waals surface area contributed by atoms with Crippen molar-refractivity contribution in [2.75, 3.05) is 7.11 Å². The average molecular weight is 361 g/mol. The van der Waals surface area contributed by atoms with Crippen LogP contribution in [0.15, 0.2) is 65.8 Å². The first kappa shape index (κ1) is 18.5. The molecule has 5 nitrogen and oxygen atoms in total. The second-order valence-corrected chi connectivity index (χ2v) is 6.33. The van der Waals surface area contributed by atoms with Crippen LogP contribution in [-0.4, -0.2) is 23.3 Å². The molecule has 0 aliphatic heterocycles. The Hall–Kier alpha value is -3.34. The van der Waals surface area contributed by atoms with E-state index in [1.165, 1.54) is 0 Å². The Morgan fingerprint density at radius 3 is 2.48 bits per heavy atom.